The third-order valence-electron chi connectivity index (χ3n) is 3.10. The molecule has 138 valence electrons. The molecule has 1 amide bonds. The maximum Gasteiger partial charge on any atom is 0.407 e. The first-order valence-electron chi connectivity index (χ1n) is 7.72. The van der Waals surface area contributed by atoms with E-state index < -0.39 is 11.7 Å². The maximum absolute atomic E-state index is 11.6. The molecule has 0 spiro atoms. The number of hydrogen-bond acceptors (Lipinski definition) is 3. The van der Waals surface area contributed by atoms with Crippen LogP contribution >= 0.6 is 24.0 Å². The molecule has 8 heteroatoms. The van der Waals surface area contributed by atoms with E-state index in [2.05, 4.69) is 26.3 Å². The molecule has 1 aromatic rings. The summed E-state index contributed by atoms with van der Waals surface area (Å²) in [5.41, 5.74) is 0.713. The molecule has 0 aliphatic heterocycles. The predicted octanol–water partition coefficient (Wildman–Crippen LogP) is 2.17. The molecule has 7 nitrogen and oxygen atoms in total. The third-order valence-corrected chi connectivity index (χ3v) is 3.10. The fourth-order valence-corrected chi connectivity index (χ4v) is 2.02. The van der Waals surface area contributed by atoms with Gasteiger partial charge >= 0.3 is 6.09 Å². The van der Waals surface area contributed by atoms with Gasteiger partial charge in [0.05, 0.1) is 6.54 Å². The number of aryl methyl sites for hydroxylation is 1. The van der Waals surface area contributed by atoms with E-state index in [0.29, 0.717) is 13.1 Å². The Bertz CT molecular complexity index is 537. The van der Waals surface area contributed by atoms with Crippen LogP contribution in [0, 0.1) is 0 Å². The van der Waals surface area contributed by atoms with Crippen LogP contribution in [0.5, 0.6) is 0 Å². The van der Waals surface area contributed by atoms with Crippen LogP contribution in [0.3, 0.4) is 0 Å². The van der Waals surface area contributed by atoms with Gasteiger partial charge < -0.3 is 24.8 Å². The molecule has 0 aliphatic rings. The van der Waals surface area contributed by atoms with Gasteiger partial charge in [-0.15, -0.1) is 24.0 Å². The van der Waals surface area contributed by atoms with Gasteiger partial charge in [0.1, 0.15) is 5.60 Å². The molecular formula is C16H30IN5O2. The van der Waals surface area contributed by atoms with Gasteiger partial charge in [-0.25, -0.2) is 4.79 Å². The van der Waals surface area contributed by atoms with Crippen LogP contribution in [0.4, 0.5) is 4.79 Å². The smallest absolute Gasteiger partial charge is 0.407 e. The Hall–Kier alpha value is -1.45. The zero-order chi connectivity index (χ0) is 17.5. The Morgan fingerprint density at radius 3 is 2.46 bits per heavy atom. The third kappa shape index (κ3) is 8.42. The Morgan fingerprint density at radius 2 is 1.96 bits per heavy atom. The summed E-state index contributed by atoms with van der Waals surface area (Å²) in [7, 11) is 5.73. The first kappa shape index (κ1) is 22.6. The van der Waals surface area contributed by atoms with Gasteiger partial charge in [0, 0.05) is 46.1 Å². The first-order valence-corrected chi connectivity index (χ1v) is 7.72. The molecule has 0 unspecified atom stereocenters. The quantitative estimate of drug-likeness (QED) is 0.312. The number of aliphatic imine (C=N–C) groups is 1. The Balaban J connectivity index is 0.00000529. The van der Waals surface area contributed by atoms with E-state index >= 15 is 0 Å². The Labute approximate surface area is 161 Å². The molecule has 1 rings (SSSR count). The van der Waals surface area contributed by atoms with Gasteiger partial charge in [-0.05, 0) is 32.9 Å². The number of amides is 1. The molecule has 0 saturated carbocycles. The maximum atomic E-state index is 11.6. The average molecular weight is 451 g/mol. The fourth-order valence-electron chi connectivity index (χ4n) is 2.02. The molecule has 0 saturated heterocycles. The first-order chi connectivity index (χ1) is 10.7. The standard InChI is InChI=1S/C16H29N5O2.HI/c1-16(2,3)23-15(22)19-10-9-18-14(17-4)21(6)12-13-8-7-11-20(13)5;/h7-8,11H,9-10,12H2,1-6H3,(H,17,18)(H,19,22);1H. The van der Waals surface area contributed by atoms with Gasteiger partial charge in [-0.1, -0.05) is 0 Å². The van der Waals surface area contributed by atoms with E-state index in [1.807, 2.05) is 52.0 Å². The van der Waals surface area contributed by atoms with Crippen molar-refractivity contribution >= 4 is 36.0 Å². The SMILES string of the molecule is CN=C(NCCNC(=O)OC(C)(C)C)N(C)Cc1cccn1C.I. The van der Waals surface area contributed by atoms with E-state index in [0.717, 1.165) is 12.5 Å². The summed E-state index contributed by atoms with van der Waals surface area (Å²) in [5, 5.41) is 5.93. The molecule has 0 atom stereocenters. The Morgan fingerprint density at radius 1 is 1.33 bits per heavy atom. The number of halogens is 1. The van der Waals surface area contributed by atoms with Crippen LogP contribution in [0.15, 0.2) is 23.3 Å². The van der Waals surface area contributed by atoms with Crippen molar-refractivity contribution in [2.75, 3.05) is 27.2 Å². The summed E-state index contributed by atoms with van der Waals surface area (Å²) >= 11 is 0. The Kier molecular flexibility index (Phi) is 9.79. The summed E-state index contributed by atoms with van der Waals surface area (Å²) < 4.78 is 7.26. The van der Waals surface area contributed by atoms with E-state index in [1.165, 1.54) is 5.69 Å². The molecule has 0 aromatic carbocycles. The van der Waals surface area contributed by atoms with Gasteiger partial charge in [-0.3, -0.25) is 4.99 Å². The molecule has 24 heavy (non-hydrogen) atoms. The minimum absolute atomic E-state index is 0. The van der Waals surface area contributed by atoms with Crippen molar-refractivity contribution in [1.82, 2.24) is 20.1 Å². The van der Waals surface area contributed by atoms with Crippen LogP contribution in [0.2, 0.25) is 0 Å². The lowest BCUT2D eigenvalue weighted by Gasteiger charge is -2.23. The topological polar surface area (TPSA) is 70.9 Å². The highest BCUT2D eigenvalue weighted by Gasteiger charge is 2.15. The summed E-state index contributed by atoms with van der Waals surface area (Å²) in [5.74, 6) is 0.775. The number of guanidine groups is 1. The van der Waals surface area contributed by atoms with E-state index in [1.54, 1.807) is 7.05 Å². The van der Waals surface area contributed by atoms with E-state index in [9.17, 15) is 4.79 Å². The molecule has 1 aromatic heterocycles. The molecule has 0 radical (unpaired) electrons. The van der Waals surface area contributed by atoms with Crippen molar-refractivity contribution in [3.8, 4) is 0 Å². The number of rotatable bonds is 5. The number of aromatic nitrogens is 1. The zero-order valence-corrected chi connectivity index (χ0v) is 17.8. The predicted molar refractivity (Wildman–Crippen MR) is 108 cm³/mol. The summed E-state index contributed by atoms with van der Waals surface area (Å²) in [4.78, 5) is 17.8. The number of alkyl carbamates (subject to hydrolysis) is 1. The number of ether oxygens (including phenoxy) is 1. The minimum Gasteiger partial charge on any atom is -0.444 e. The van der Waals surface area contributed by atoms with E-state index in [4.69, 9.17) is 4.74 Å². The minimum atomic E-state index is -0.483. The molecule has 0 bridgehead atoms. The van der Waals surface area contributed by atoms with Crippen LogP contribution in [-0.4, -0.2) is 54.3 Å². The van der Waals surface area contributed by atoms with Gasteiger partial charge in [0.25, 0.3) is 0 Å². The lowest BCUT2D eigenvalue weighted by molar-refractivity contribution is 0.0529. The normalized spacial score (nSPS) is 11.5. The van der Waals surface area contributed by atoms with Crippen LogP contribution < -0.4 is 10.6 Å². The number of nitrogens with zero attached hydrogens (tertiary/aromatic N) is 3. The van der Waals surface area contributed by atoms with Crippen LogP contribution in [0.1, 0.15) is 26.5 Å². The van der Waals surface area contributed by atoms with Crippen molar-refractivity contribution in [3.63, 3.8) is 0 Å². The lowest BCUT2D eigenvalue weighted by atomic mass is 10.2. The van der Waals surface area contributed by atoms with Gasteiger partial charge in [0.15, 0.2) is 5.96 Å². The summed E-state index contributed by atoms with van der Waals surface area (Å²) in [6, 6.07) is 4.10. The van der Waals surface area contributed by atoms with Crippen molar-refractivity contribution in [2.24, 2.45) is 12.0 Å². The van der Waals surface area contributed by atoms with Crippen LogP contribution in [0.25, 0.3) is 0 Å². The van der Waals surface area contributed by atoms with E-state index in [-0.39, 0.29) is 24.0 Å². The highest BCUT2D eigenvalue weighted by molar-refractivity contribution is 14.0. The number of nitrogens with one attached hydrogen (secondary N) is 2. The molecule has 1 heterocycles. The largest absolute Gasteiger partial charge is 0.444 e. The molecule has 0 aliphatic carbocycles. The average Bonchev–Trinajstić information content (AvgIpc) is 2.82. The summed E-state index contributed by atoms with van der Waals surface area (Å²) in [6.45, 7) is 7.31. The van der Waals surface area contributed by atoms with Gasteiger partial charge in [-0.2, -0.15) is 0 Å². The molecule has 0 fully saturated rings. The summed E-state index contributed by atoms with van der Waals surface area (Å²) in [6.07, 6.45) is 1.61. The lowest BCUT2D eigenvalue weighted by Crippen LogP contribution is -2.43. The van der Waals surface area contributed by atoms with Crippen molar-refractivity contribution < 1.29 is 9.53 Å². The zero-order valence-electron chi connectivity index (χ0n) is 15.4. The van der Waals surface area contributed by atoms with Crippen molar-refractivity contribution in [3.05, 3.63) is 24.0 Å². The number of carbonyl (C=O) groups is 1. The van der Waals surface area contributed by atoms with Crippen molar-refractivity contribution in [1.29, 1.82) is 0 Å². The number of hydrogen-bond donors (Lipinski definition) is 2. The monoisotopic (exact) mass is 451 g/mol. The second-order valence-electron chi connectivity index (χ2n) is 6.37. The second kappa shape index (κ2) is 10.4. The van der Waals surface area contributed by atoms with Crippen LogP contribution in [-0.2, 0) is 18.3 Å². The molecule has 2 N–H and O–H groups in total. The van der Waals surface area contributed by atoms with Crippen molar-refractivity contribution in [2.45, 2.75) is 32.9 Å². The van der Waals surface area contributed by atoms with Gasteiger partial charge in [0.2, 0.25) is 0 Å². The highest BCUT2D eigenvalue weighted by Crippen LogP contribution is 2.06. The number of carbonyl (C=O) groups excluding carboxylic acids is 1. The second-order valence-corrected chi connectivity index (χ2v) is 6.37. The molecular weight excluding hydrogens is 421 g/mol. The fraction of sp³-hybridized carbons (Fsp3) is 0.625. The highest BCUT2D eigenvalue weighted by atomic mass is 127.